The van der Waals surface area contributed by atoms with Gasteiger partial charge in [0.25, 0.3) is 0 Å². The van der Waals surface area contributed by atoms with E-state index in [1.54, 1.807) is 19.2 Å². The Balaban J connectivity index is 1.34. The van der Waals surface area contributed by atoms with Gasteiger partial charge >= 0.3 is 0 Å². The first-order chi connectivity index (χ1) is 16.5. The van der Waals surface area contributed by atoms with Crippen LogP contribution in [0.3, 0.4) is 0 Å². The summed E-state index contributed by atoms with van der Waals surface area (Å²) in [5.41, 5.74) is 0.903. The number of hydrogen-bond donors (Lipinski definition) is 1. The van der Waals surface area contributed by atoms with Crippen LogP contribution in [-0.4, -0.2) is 48.2 Å². The number of rotatable bonds is 7. The summed E-state index contributed by atoms with van der Waals surface area (Å²) < 4.78 is 27.0. The van der Waals surface area contributed by atoms with E-state index in [4.69, 9.17) is 21.1 Å². The summed E-state index contributed by atoms with van der Waals surface area (Å²) in [6.07, 6.45) is 3.88. The van der Waals surface area contributed by atoms with Crippen LogP contribution in [0.5, 0.6) is 11.5 Å². The van der Waals surface area contributed by atoms with Crippen molar-refractivity contribution in [2.75, 3.05) is 38.7 Å². The SMILES string of the molecule is CCN1C[C@H]2C[C@H](COc3cc4ncnc(Nc5ccc(Br)c(Cl)c5F)c4cc3OC)C[C@H]2C1. The molecule has 2 aromatic carbocycles. The van der Waals surface area contributed by atoms with Crippen molar-refractivity contribution in [1.29, 1.82) is 0 Å². The summed E-state index contributed by atoms with van der Waals surface area (Å²) in [4.78, 5) is 11.3. The molecule has 3 aromatic rings. The molecule has 0 spiro atoms. The van der Waals surface area contributed by atoms with Gasteiger partial charge in [-0.1, -0.05) is 18.5 Å². The summed E-state index contributed by atoms with van der Waals surface area (Å²) >= 11 is 9.27. The number of hydrogen-bond acceptors (Lipinski definition) is 6. The van der Waals surface area contributed by atoms with Crippen LogP contribution in [0.25, 0.3) is 10.9 Å². The maximum Gasteiger partial charge on any atom is 0.166 e. The fraction of sp³-hybridized carbons (Fsp3) is 0.440. The van der Waals surface area contributed by atoms with Gasteiger partial charge in [-0.3, -0.25) is 0 Å². The molecule has 0 amide bonds. The lowest BCUT2D eigenvalue weighted by Gasteiger charge is -2.18. The van der Waals surface area contributed by atoms with Crippen molar-refractivity contribution in [3.8, 4) is 11.5 Å². The second kappa shape index (κ2) is 9.84. The van der Waals surface area contributed by atoms with Crippen LogP contribution in [0, 0.1) is 23.6 Å². The number of benzene rings is 2. The minimum atomic E-state index is -0.557. The summed E-state index contributed by atoms with van der Waals surface area (Å²) in [6.45, 7) is 6.48. The Labute approximate surface area is 211 Å². The summed E-state index contributed by atoms with van der Waals surface area (Å²) in [5, 5.41) is 3.73. The number of nitrogens with one attached hydrogen (secondary N) is 1. The summed E-state index contributed by atoms with van der Waals surface area (Å²) in [7, 11) is 1.61. The van der Waals surface area contributed by atoms with Gasteiger partial charge in [-0.2, -0.15) is 0 Å². The van der Waals surface area contributed by atoms with E-state index in [1.807, 2.05) is 12.1 Å². The number of anilines is 2. The lowest BCUT2D eigenvalue weighted by molar-refractivity contribution is 0.223. The molecule has 5 rings (SSSR count). The van der Waals surface area contributed by atoms with Gasteiger partial charge in [0.05, 0.1) is 29.9 Å². The highest BCUT2D eigenvalue weighted by Crippen LogP contribution is 2.42. The van der Waals surface area contributed by atoms with Crippen LogP contribution < -0.4 is 14.8 Å². The van der Waals surface area contributed by atoms with Gasteiger partial charge in [0, 0.05) is 29.0 Å². The van der Waals surface area contributed by atoms with Gasteiger partial charge in [-0.05, 0) is 71.3 Å². The molecule has 6 nitrogen and oxygen atoms in total. The molecule has 2 heterocycles. The van der Waals surface area contributed by atoms with E-state index in [9.17, 15) is 4.39 Å². The summed E-state index contributed by atoms with van der Waals surface area (Å²) in [6, 6.07) is 6.97. The molecule has 0 radical (unpaired) electrons. The zero-order chi connectivity index (χ0) is 23.8. The molecule has 1 aliphatic heterocycles. The Hall–Kier alpha value is -2.16. The monoisotopic (exact) mass is 548 g/mol. The normalized spacial score (nSPS) is 22.2. The molecular formula is C25H27BrClFN4O2. The molecule has 0 bridgehead atoms. The van der Waals surface area contributed by atoms with Crippen molar-refractivity contribution >= 4 is 49.9 Å². The van der Waals surface area contributed by atoms with Crippen molar-refractivity contribution in [2.45, 2.75) is 19.8 Å². The van der Waals surface area contributed by atoms with Crippen LogP contribution >= 0.6 is 27.5 Å². The topological polar surface area (TPSA) is 59.5 Å². The van der Waals surface area contributed by atoms with Crippen molar-refractivity contribution in [2.24, 2.45) is 17.8 Å². The molecule has 180 valence electrons. The lowest BCUT2D eigenvalue weighted by atomic mass is 10.0. The summed E-state index contributed by atoms with van der Waals surface area (Å²) in [5.74, 6) is 3.29. The highest BCUT2D eigenvalue weighted by molar-refractivity contribution is 9.10. The zero-order valence-electron chi connectivity index (χ0n) is 19.2. The van der Waals surface area contributed by atoms with Gasteiger partial charge < -0.3 is 19.7 Å². The zero-order valence-corrected chi connectivity index (χ0v) is 21.5. The molecule has 1 aromatic heterocycles. The number of methoxy groups -OCH3 is 1. The molecule has 3 atom stereocenters. The van der Waals surface area contributed by atoms with E-state index in [0.717, 1.165) is 18.4 Å². The van der Waals surface area contributed by atoms with E-state index in [0.29, 0.717) is 45.2 Å². The average Bonchev–Trinajstić information content (AvgIpc) is 3.41. The van der Waals surface area contributed by atoms with Crippen LogP contribution in [-0.2, 0) is 0 Å². The van der Waals surface area contributed by atoms with Crippen molar-refractivity contribution in [1.82, 2.24) is 14.9 Å². The van der Waals surface area contributed by atoms with Gasteiger partial charge in [-0.25, -0.2) is 14.4 Å². The molecule has 34 heavy (non-hydrogen) atoms. The number of aromatic nitrogens is 2. The van der Waals surface area contributed by atoms with Gasteiger partial charge in [0.1, 0.15) is 12.1 Å². The van der Waals surface area contributed by atoms with Crippen LogP contribution in [0.4, 0.5) is 15.9 Å². The molecule has 0 unspecified atom stereocenters. The second-order valence-electron chi connectivity index (χ2n) is 9.11. The maximum absolute atomic E-state index is 14.6. The van der Waals surface area contributed by atoms with Gasteiger partial charge in [0.15, 0.2) is 17.3 Å². The third kappa shape index (κ3) is 4.55. The first kappa shape index (κ1) is 23.6. The van der Waals surface area contributed by atoms with Crippen molar-refractivity contribution < 1.29 is 13.9 Å². The highest BCUT2D eigenvalue weighted by Gasteiger charge is 2.40. The molecule has 1 saturated carbocycles. The molecular weight excluding hydrogens is 523 g/mol. The predicted molar refractivity (Wildman–Crippen MR) is 136 cm³/mol. The number of fused-ring (bicyclic) bond motifs is 2. The molecule has 1 aliphatic carbocycles. The van der Waals surface area contributed by atoms with E-state index < -0.39 is 5.82 Å². The highest BCUT2D eigenvalue weighted by atomic mass is 79.9. The Bertz CT molecular complexity index is 1200. The Kier molecular flexibility index (Phi) is 6.82. The van der Waals surface area contributed by atoms with E-state index in [-0.39, 0.29) is 10.7 Å². The third-order valence-corrected chi connectivity index (χ3v) is 8.31. The fourth-order valence-corrected chi connectivity index (χ4v) is 5.78. The molecule has 1 saturated heterocycles. The Morgan fingerprint density at radius 1 is 1.18 bits per heavy atom. The maximum atomic E-state index is 14.6. The lowest BCUT2D eigenvalue weighted by Crippen LogP contribution is -2.22. The smallest absolute Gasteiger partial charge is 0.166 e. The largest absolute Gasteiger partial charge is 0.493 e. The van der Waals surface area contributed by atoms with Crippen molar-refractivity contribution in [3.05, 3.63) is 45.9 Å². The predicted octanol–water partition coefficient (Wildman–Crippen LogP) is 6.29. The minimum Gasteiger partial charge on any atom is -0.493 e. The molecule has 2 fully saturated rings. The fourth-order valence-electron chi connectivity index (χ4n) is 5.31. The van der Waals surface area contributed by atoms with Crippen LogP contribution in [0.2, 0.25) is 5.02 Å². The Morgan fingerprint density at radius 2 is 1.94 bits per heavy atom. The van der Waals surface area contributed by atoms with Gasteiger partial charge in [-0.15, -0.1) is 0 Å². The third-order valence-electron chi connectivity index (χ3n) is 7.05. The van der Waals surface area contributed by atoms with E-state index in [2.05, 4.69) is 43.0 Å². The standard InChI is InChI=1S/C25H27BrClFN4O2/c1-3-32-10-15-6-14(7-16(15)11-32)12-34-22-9-20-17(8-21(22)33-2)25(30-13-29-20)31-19-5-4-18(26)23(27)24(19)28/h4-5,8-9,13-16H,3,6-7,10-12H2,1-2H3,(H,29,30,31)/t14-,15+,16-. The van der Waals surface area contributed by atoms with Crippen LogP contribution in [0.1, 0.15) is 19.8 Å². The van der Waals surface area contributed by atoms with Crippen LogP contribution in [0.15, 0.2) is 35.1 Å². The van der Waals surface area contributed by atoms with E-state index >= 15 is 0 Å². The Morgan fingerprint density at radius 3 is 2.65 bits per heavy atom. The average molecular weight is 550 g/mol. The molecule has 1 N–H and O–H groups in total. The molecule has 9 heteroatoms. The first-order valence-corrected chi connectivity index (χ1v) is 12.7. The van der Waals surface area contributed by atoms with Crippen molar-refractivity contribution in [3.63, 3.8) is 0 Å². The number of ether oxygens (including phenoxy) is 2. The van der Waals surface area contributed by atoms with Gasteiger partial charge in [0.2, 0.25) is 0 Å². The number of halogens is 3. The second-order valence-corrected chi connectivity index (χ2v) is 10.3. The minimum absolute atomic E-state index is 0.00934. The first-order valence-electron chi connectivity index (χ1n) is 11.5. The number of likely N-dealkylation sites (tertiary alicyclic amines) is 1. The molecule has 2 aliphatic rings. The quantitative estimate of drug-likeness (QED) is 0.349. The number of nitrogens with zero attached hydrogens (tertiary/aromatic N) is 3. The van der Waals surface area contributed by atoms with E-state index in [1.165, 1.54) is 32.3 Å².